The first-order chi connectivity index (χ1) is 20.7. The zero-order valence-corrected chi connectivity index (χ0v) is 23.2. The van der Waals surface area contributed by atoms with Gasteiger partial charge in [-0.25, -0.2) is 4.79 Å². The number of halogens is 6. The number of amides is 4. The number of thioether (sulfide) groups is 1. The van der Waals surface area contributed by atoms with Crippen molar-refractivity contribution in [3.63, 3.8) is 0 Å². The van der Waals surface area contributed by atoms with Gasteiger partial charge in [0.05, 0.1) is 17.1 Å². The number of aryl methyl sites for hydroxylation is 1. The maximum absolute atomic E-state index is 12.7. The average molecular weight is 642 g/mol. The lowest BCUT2D eigenvalue weighted by molar-refractivity contribution is -0.274. The molecule has 0 bridgehead atoms. The second-order valence-corrected chi connectivity index (χ2v) is 9.89. The summed E-state index contributed by atoms with van der Waals surface area (Å²) in [6, 6.07) is 13.5. The van der Waals surface area contributed by atoms with Gasteiger partial charge in [-0.2, -0.15) is 18.2 Å². The third kappa shape index (κ3) is 9.03. The second kappa shape index (κ2) is 13.2. The predicted octanol–water partition coefficient (Wildman–Crippen LogP) is 6.26. The summed E-state index contributed by atoms with van der Waals surface area (Å²) in [6.45, 7) is 0.0890. The summed E-state index contributed by atoms with van der Waals surface area (Å²) in [5.74, 6) is -1.87. The van der Waals surface area contributed by atoms with Crippen LogP contribution in [-0.4, -0.2) is 47.9 Å². The van der Waals surface area contributed by atoms with Crippen molar-refractivity contribution < 1.29 is 50.2 Å². The number of benzene rings is 3. The molecule has 0 unspecified atom stereocenters. The first kappa shape index (κ1) is 32.0. The Bertz CT molecular complexity index is 1560. The summed E-state index contributed by atoms with van der Waals surface area (Å²) < 4.78 is 83.7. The minimum absolute atomic E-state index is 0.00496. The molecule has 1 fully saturated rings. The maximum Gasteiger partial charge on any atom is 0.573 e. The third-order valence-corrected chi connectivity index (χ3v) is 6.44. The number of aliphatic imine (C=N–C) groups is 1. The SMILES string of the molecule is Cc1ccc(OCC(F)(F)F)c(N2C(=O)CSC2=NC(=O)Nc2ccc(C(=O)NNc3ccc(OC(F)(F)F)cc3)cc2)c1. The number of alkyl halides is 6. The molecular formula is C27H21F6N5O5S. The number of hydrogen-bond acceptors (Lipinski definition) is 7. The fourth-order valence-corrected chi connectivity index (χ4v) is 4.51. The van der Waals surface area contributed by atoms with Gasteiger partial charge in [-0.05, 0) is 73.2 Å². The van der Waals surface area contributed by atoms with Crippen molar-refractivity contribution in [3.8, 4) is 11.5 Å². The Morgan fingerprint density at radius 3 is 2.25 bits per heavy atom. The number of carbonyl (C=O) groups is 3. The van der Waals surface area contributed by atoms with Crippen LogP contribution in [0.5, 0.6) is 11.5 Å². The molecule has 4 amide bonds. The standard InChI is InChI=1S/C27H21F6N5O5S/c1-15-2-11-21(42-14-26(28,29)30)20(12-15)38-22(39)13-44-25(38)35-24(41)34-17-5-3-16(4-6-17)23(40)37-36-18-7-9-19(10-8-18)43-27(31,32)33/h2-12,36H,13-14H2,1H3,(H,34,41)(H,37,40). The smallest absolute Gasteiger partial charge is 0.482 e. The van der Waals surface area contributed by atoms with Gasteiger partial charge in [0, 0.05) is 11.3 Å². The molecule has 10 nitrogen and oxygen atoms in total. The third-order valence-electron chi connectivity index (χ3n) is 5.52. The Morgan fingerprint density at radius 1 is 0.955 bits per heavy atom. The predicted molar refractivity (Wildman–Crippen MR) is 150 cm³/mol. The van der Waals surface area contributed by atoms with Gasteiger partial charge in [0.15, 0.2) is 11.8 Å². The fourth-order valence-electron chi connectivity index (χ4n) is 3.65. The van der Waals surface area contributed by atoms with Crippen molar-refractivity contribution >= 4 is 51.8 Å². The van der Waals surface area contributed by atoms with E-state index in [4.69, 9.17) is 4.74 Å². The molecule has 0 radical (unpaired) electrons. The van der Waals surface area contributed by atoms with Crippen LogP contribution in [-0.2, 0) is 4.79 Å². The molecule has 17 heteroatoms. The number of anilines is 3. The molecule has 3 aromatic carbocycles. The molecule has 1 aliphatic rings. The Balaban J connectivity index is 1.38. The Labute approximate surface area is 249 Å². The van der Waals surface area contributed by atoms with E-state index in [0.717, 1.165) is 28.8 Å². The van der Waals surface area contributed by atoms with Crippen LogP contribution in [0.4, 0.5) is 48.2 Å². The zero-order chi connectivity index (χ0) is 32.1. The number of hydrazine groups is 1. The average Bonchev–Trinajstić information content (AvgIpc) is 3.30. The maximum atomic E-state index is 12.7. The summed E-state index contributed by atoms with van der Waals surface area (Å²) in [4.78, 5) is 42.6. The lowest BCUT2D eigenvalue weighted by Gasteiger charge is -2.21. The number of nitrogens with zero attached hydrogens (tertiary/aromatic N) is 2. The monoisotopic (exact) mass is 641 g/mol. The Morgan fingerprint density at radius 2 is 1.61 bits per heavy atom. The number of nitrogens with one attached hydrogen (secondary N) is 3. The number of rotatable bonds is 8. The van der Waals surface area contributed by atoms with Crippen molar-refractivity contribution in [1.29, 1.82) is 0 Å². The van der Waals surface area contributed by atoms with Crippen LogP contribution >= 0.6 is 11.8 Å². The van der Waals surface area contributed by atoms with E-state index in [1.54, 1.807) is 6.92 Å². The van der Waals surface area contributed by atoms with E-state index in [9.17, 15) is 40.7 Å². The molecule has 4 rings (SSSR count). The molecular weight excluding hydrogens is 620 g/mol. The van der Waals surface area contributed by atoms with Crippen LogP contribution in [0.1, 0.15) is 15.9 Å². The van der Waals surface area contributed by atoms with Crippen LogP contribution in [0.2, 0.25) is 0 Å². The zero-order valence-electron chi connectivity index (χ0n) is 22.4. The highest BCUT2D eigenvalue weighted by Gasteiger charge is 2.34. The number of ether oxygens (including phenoxy) is 2. The molecule has 0 atom stereocenters. The van der Waals surface area contributed by atoms with Crippen LogP contribution in [0.25, 0.3) is 0 Å². The summed E-state index contributed by atoms with van der Waals surface area (Å²) >= 11 is 0.914. The number of urea groups is 1. The quantitative estimate of drug-likeness (QED) is 0.196. The minimum atomic E-state index is -4.83. The first-order valence-corrected chi connectivity index (χ1v) is 13.3. The van der Waals surface area contributed by atoms with Gasteiger partial charge in [0.1, 0.15) is 11.5 Å². The molecule has 0 spiro atoms. The Kier molecular flexibility index (Phi) is 9.56. The van der Waals surface area contributed by atoms with E-state index in [1.165, 1.54) is 54.6 Å². The molecule has 3 N–H and O–H groups in total. The van der Waals surface area contributed by atoms with Gasteiger partial charge < -0.3 is 14.8 Å². The van der Waals surface area contributed by atoms with Crippen LogP contribution in [0.15, 0.2) is 71.7 Å². The van der Waals surface area contributed by atoms with Gasteiger partial charge in [-0.1, -0.05) is 17.8 Å². The van der Waals surface area contributed by atoms with Gasteiger partial charge >= 0.3 is 18.6 Å². The molecule has 1 saturated heterocycles. The van der Waals surface area contributed by atoms with Crippen LogP contribution in [0, 0.1) is 6.92 Å². The first-order valence-electron chi connectivity index (χ1n) is 12.3. The molecule has 0 saturated carbocycles. The molecule has 1 aliphatic heterocycles. The second-order valence-electron chi connectivity index (χ2n) is 8.95. The molecule has 232 valence electrons. The normalized spacial score (nSPS) is 14.4. The van der Waals surface area contributed by atoms with Crippen molar-refractivity contribution in [2.45, 2.75) is 19.5 Å². The summed E-state index contributed by atoms with van der Waals surface area (Å²) in [6.07, 6.45) is -9.44. The highest BCUT2D eigenvalue weighted by atomic mass is 32.2. The molecule has 0 aliphatic carbocycles. The van der Waals surface area contributed by atoms with Crippen LogP contribution in [0.3, 0.4) is 0 Å². The van der Waals surface area contributed by atoms with Crippen molar-refractivity contribution in [3.05, 3.63) is 77.9 Å². The van der Waals surface area contributed by atoms with Gasteiger partial charge in [0.25, 0.3) is 5.91 Å². The van der Waals surface area contributed by atoms with Crippen molar-refractivity contribution in [2.75, 3.05) is 28.0 Å². The lowest BCUT2D eigenvalue weighted by Crippen LogP contribution is -2.31. The molecule has 1 heterocycles. The van der Waals surface area contributed by atoms with E-state index >= 15 is 0 Å². The van der Waals surface area contributed by atoms with E-state index < -0.39 is 42.7 Å². The van der Waals surface area contributed by atoms with E-state index in [0.29, 0.717) is 5.56 Å². The fraction of sp³-hybridized carbons (Fsp3) is 0.185. The number of carbonyl (C=O) groups excluding carboxylic acids is 3. The summed E-state index contributed by atoms with van der Waals surface area (Å²) in [5.41, 5.74) is 6.21. The highest BCUT2D eigenvalue weighted by Crippen LogP contribution is 2.36. The number of amidine groups is 1. The van der Waals surface area contributed by atoms with E-state index in [-0.39, 0.29) is 39.3 Å². The van der Waals surface area contributed by atoms with E-state index in [1.807, 2.05) is 0 Å². The number of hydrogen-bond donors (Lipinski definition) is 3. The molecule has 3 aromatic rings. The lowest BCUT2D eigenvalue weighted by atomic mass is 10.2. The highest BCUT2D eigenvalue weighted by molar-refractivity contribution is 8.15. The van der Waals surface area contributed by atoms with Crippen molar-refractivity contribution in [1.82, 2.24) is 5.43 Å². The van der Waals surface area contributed by atoms with E-state index in [2.05, 4.69) is 25.9 Å². The van der Waals surface area contributed by atoms with Crippen molar-refractivity contribution in [2.24, 2.45) is 4.99 Å². The van der Waals surface area contributed by atoms with Crippen LogP contribution < -0.4 is 30.5 Å². The van der Waals surface area contributed by atoms with Gasteiger partial charge in [0.2, 0.25) is 5.91 Å². The molecule has 0 aromatic heterocycles. The Hall–Kier alpha value is -4.93. The summed E-state index contributed by atoms with van der Waals surface area (Å²) in [7, 11) is 0. The minimum Gasteiger partial charge on any atom is -0.482 e. The van der Waals surface area contributed by atoms with Gasteiger partial charge in [-0.3, -0.25) is 25.3 Å². The van der Waals surface area contributed by atoms with Gasteiger partial charge in [-0.15, -0.1) is 13.2 Å². The summed E-state index contributed by atoms with van der Waals surface area (Å²) in [5, 5.41) is 2.40. The topological polar surface area (TPSA) is 121 Å². The molecule has 44 heavy (non-hydrogen) atoms. The largest absolute Gasteiger partial charge is 0.573 e.